The van der Waals surface area contributed by atoms with Gasteiger partial charge in [0.05, 0.1) is 13.1 Å². The maximum Gasteiger partial charge on any atom is 0.329 e. The van der Waals surface area contributed by atoms with Crippen LogP contribution in [0.1, 0.15) is 32.6 Å². The minimum atomic E-state index is -0.981. The number of ether oxygens (including phenoxy) is 1. The lowest BCUT2D eigenvalue weighted by atomic mass is 9.97. The summed E-state index contributed by atoms with van der Waals surface area (Å²) in [6, 6.07) is -0.0664. The molecule has 0 aromatic carbocycles. The van der Waals surface area contributed by atoms with E-state index in [1.165, 1.54) is 25.7 Å². The summed E-state index contributed by atoms with van der Waals surface area (Å²) >= 11 is 0. The molecule has 2 N–H and O–H groups in total. The third-order valence-corrected chi connectivity index (χ3v) is 3.90. The number of nitrogens with one attached hydrogen (secondary N) is 1. The van der Waals surface area contributed by atoms with Crippen molar-refractivity contribution in [1.29, 1.82) is 0 Å². The molecule has 0 radical (unpaired) electrons. The van der Waals surface area contributed by atoms with E-state index in [0.717, 1.165) is 6.54 Å². The maximum atomic E-state index is 11.9. The molecule has 0 aromatic heterocycles. The Labute approximate surface area is 113 Å². The monoisotopic (exact) mass is 270 g/mol. The van der Waals surface area contributed by atoms with E-state index in [1.807, 2.05) is 6.92 Å². The zero-order valence-corrected chi connectivity index (χ0v) is 11.4. The van der Waals surface area contributed by atoms with Gasteiger partial charge in [0, 0.05) is 6.54 Å². The highest BCUT2D eigenvalue weighted by Gasteiger charge is 2.42. The standard InChI is InChI=1S/C13H22N2O4/c1-13(19-7-11(16)17)8-15(9-13)12(18)14-6-10-4-2-3-5-10/h10H,2-9H2,1H3,(H,14,18)(H,16,17). The number of carbonyl (C=O) groups is 2. The van der Waals surface area contributed by atoms with Gasteiger partial charge in [-0.2, -0.15) is 0 Å². The summed E-state index contributed by atoms with van der Waals surface area (Å²) in [6.45, 7) is 3.18. The molecule has 0 unspecified atom stereocenters. The number of carboxylic acids is 1. The molecule has 1 heterocycles. The molecule has 6 heteroatoms. The van der Waals surface area contributed by atoms with Crippen molar-refractivity contribution < 1.29 is 19.4 Å². The van der Waals surface area contributed by atoms with E-state index >= 15 is 0 Å². The summed E-state index contributed by atoms with van der Waals surface area (Å²) in [5.74, 6) is -0.356. The Hall–Kier alpha value is -1.30. The molecular weight excluding hydrogens is 248 g/mol. The Morgan fingerprint density at radius 2 is 2.00 bits per heavy atom. The Morgan fingerprint density at radius 1 is 1.37 bits per heavy atom. The number of likely N-dealkylation sites (tertiary alicyclic amines) is 1. The van der Waals surface area contributed by atoms with E-state index in [0.29, 0.717) is 19.0 Å². The third kappa shape index (κ3) is 3.83. The van der Waals surface area contributed by atoms with Gasteiger partial charge in [0.25, 0.3) is 0 Å². The Kier molecular flexibility index (Phi) is 4.29. The van der Waals surface area contributed by atoms with E-state index in [9.17, 15) is 9.59 Å². The molecule has 1 aliphatic heterocycles. The molecule has 0 aromatic rings. The minimum absolute atomic E-state index is 0.0664. The number of urea groups is 1. The van der Waals surface area contributed by atoms with Crippen LogP contribution in [-0.2, 0) is 9.53 Å². The van der Waals surface area contributed by atoms with E-state index in [2.05, 4.69) is 5.32 Å². The Morgan fingerprint density at radius 3 is 2.58 bits per heavy atom. The summed E-state index contributed by atoms with van der Waals surface area (Å²) in [7, 11) is 0. The molecule has 2 rings (SSSR count). The highest BCUT2D eigenvalue weighted by molar-refractivity contribution is 5.75. The average molecular weight is 270 g/mol. The van der Waals surface area contributed by atoms with Crippen LogP contribution in [0.15, 0.2) is 0 Å². The average Bonchev–Trinajstić information content (AvgIpc) is 2.83. The normalized spacial score (nSPS) is 22.1. The van der Waals surface area contributed by atoms with E-state index in [1.54, 1.807) is 4.90 Å². The zero-order valence-electron chi connectivity index (χ0n) is 11.4. The molecule has 108 valence electrons. The smallest absolute Gasteiger partial charge is 0.329 e. The number of hydrogen-bond donors (Lipinski definition) is 2. The fraction of sp³-hybridized carbons (Fsp3) is 0.846. The number of hydrogen-bond acceptors (Lipinski definition) is 3. The molecule has 1 saturated heterocycles. The first kappa shape index (κ1) is 14.1. The van der Waals surface area contributed by atoms with Gasteiger partial charge in [-0.25, -0.2) is 9.59 Å². The van der Waals surface area contributed by atoms with Gasteiger partial charge in [0.2, 0.25) is 0 Å². The Bertz CT molecular complexity index is 347. The minimum Gasteiger partial charge on any atom is -0.480 e. The number of rotatable bonds is 5. The summed E-state index contributed by atoms with van der Waals surface area (Å²) in [6.07, 6.45) is 4.95. The molecule has 0 bridgehead atoms. The van der Waals surface area contributed by atoms with Gasteiger partial charge in [-0.3, -0.25) is 0 Å². The molecule has 1 saturated carbocycles. The molecule has 1 aliphatic carbocycles. The number of nitrogens with zero attached hydrogens (tertiary/aromatic N) is 1. The van der Waals surface area contributed by atoms with E-state index in [-0.39, 0.29) is 12.6 Å². The second kappa shape index (κ2) is 5.77. The molecule has 2 aliphatic rings. The van der Waals surface area contributed by atoms with Gasteiger partial charge in [0.1, 0.15) is 12.2 Å². The van der Waals surface area contributed by atoms with Crippen molar-refractivity contribution in [3.63, 3.8) is 0 Å². The van der Waals surface area contributed by atoms with Crippen molar-refractivity contribution in [1.82, 2.24) is 10.2 Å². The summed E-state index contributed by atoms with van der Waals surface area (Å²) in [5.41, 5.74) is -0.511. The lowest BCUT2D eigenvalue weighted by molar-refractivity contribution is -0.159. The highest BCUT2D eigenvalue weighted by atomic mass is 16.5. The second-order valence-corrected chi connectivity index (χ2v) is 5.82. The predicted molar refractivity (Wildman–Crippen MR) is 68.9 cm³/mol. The number of aliphatic carboxylic acids is 1. The van der Waals surface area contributed by atoms with Crippen molar-refractivity contribution >= 4 is 12.0 Å². The summed E-state index contributed by atoms with van der Waals surface area (Å²) in [5, 5.41) is 11.5. The van der Waals surface area contributed by atoms with Crippen LogP contribution in [0, 0.1) is 5.92 Å². The number of amides is 2. The van der Waals surface area contributed by atoms with Crippen LogP contribution in [-0.4, -0.2) is 53.8 Å². The largest absolute Gasteiger partial charge is 0.480 e. The molecule has 0 atom stereocenters. The van der Waals surface area contributed by atoms with Gasteiger partial charge in [-0.05, 0) is 25.7 Å². The number of carboxylic acid groups (broad SMARTS) is 1. The summed E-state index contributed by atoms with van der Waals surface area (Å²) < 4.78 is 5.26. The zero-order chi connectivity index (χ0) is 13.9. The van der Waals surface area contributed by atoms with Crippen molar-refractivity contribution in [3.8, 4) is 0 Å². The second-order valence-electron chi connectivity index (χ2n) is 5.82. The van der Waals surface area contributed by atoms with Crippen molar-refractivity contribution in [3.05, 3.63) is 0 Å². The fourth-order valence-electron chi connectivity index (χ4n) is 2.79. The van der Waals surface area contributed by atoms with Gasteiger partial charge in [-0.1, -0.05) is 12.8 Å². The van der Waals surface area contributed by atoms with E-state index < -0.39 is 11.6 Å². The maximum absolute atomic E-state index is 11.9. The lowest BCUT2D eigenvalue weighted by Crippen LogP contribution is -2.65. The van der Waals surface area contributed by atoms with Gasteiger partial charge in [-0.15, -0.1) is 0 Å². The van der Waals surface area contributed by atoms with Crippen LogP contribution in [0.4, 0.5) is 4.79 Å². The van der Waals surface area contributed by atoms with Crippen molar-refractivity contribution in [2.75, 3.05) is 26.2 Å². The van der Waals surface area contributed by atoms with Crippen LogP contribution < -0.4 is 5.32 Å². The van der Waals surface area contributed by atoms with Crippen molar-refractivity contribution in [2.24, 2.45) is 5.92 Å². The van der Waals surface area contributed by atoms with E-state index in [4.69, 9.17) is 9.84 Å². The molecular formula is C13H22N2O4. The first-order chi connectivity index (χ1) is 8.98. The molecule has 19 heavy (non-hydrogen) atoms. The Balaban J connectivity index is 1.64. The number of carbonyl (C=O) groups excluding carboxylic acids is 1. The van der Waals surface area contributed by atoms with Gasteiger partial charge < -0.3 is 20.1 Å². The molecule has 0 spiro atoms. The highest BCUT2D eigenvalue weighted by Crippen LogP contribution is 2.26. The van der Waals surface area contributed by atoms with Gasteiger partial charge in [0.15, 0.2) is 0 Å². The van der Waals surface area contributed by atoms with Gasteiger partial charge >= 0.3 is 12.0 Å². The topological polar surface area (TPSA) is 78.9 Å². The quantitative estimate of drug-likeness (QED) is 0.783. The lowest BCUT2D eigenvalue weighted by Gasteiger charge is -2.47. The van der Waals surface area contributed by atoms with Crippen LogP contribution in [0.3, 0.4) is 0 Å². The van der Waals surface area contributed by atoms with Crippen LogP contribution >= 0.6 is 0 Å². The summed E-state index contributed by atoms with van der Waals surface area (Å²) in [4.78, 5) is 23.9. The predicted octanol–water partition coefficient (Wildman–Crippen LogP) is 1.06. The van der Waals surface area contributed by atoms with Crippen LogP contribution in [0.5, 0.6) is 0 Å². The molecule has 6 nitrogen and oxygen atoms in total. The van der Waals surface area contributed by atoms with Crippen LogP contribution in [0.25, 0.3) is 0 Å². The third-order valence-electron chi connectivity index (χ3n) is 3.90. The first-order valence-corrected chi connectivity index (χ1v) is 6.87. The molecule has 2 fully saturated rings. The molecule has 2 amide bonds. The van der Waals surface area contributed by atoms with Crippen LogP contribution in [0.2, 0.25) is 0 Å². The first-order valence-electron chi connectivity index (χ1n) is 6.87. The van der Waals surface area contributed by atoms with Crippen molar-refractivity contribution in [2.45, 2.75) is 38.2 Å². The SMILES string of the molecule is CC1(OCC(=O)O)CN(C(=O)NCC2CCCC2)C1. The fourth-order valence-corrected chi connectivity index (χ4v) is 2.79.